The van der Waals surface area contributed by atoms with Gasteiger partial charge in [-0.15, -0.1) is 0 Å². The quantitative estimate of drug-likeness (QED) is 0.208. The van der Waals surface area contributed by atoms with Gasteiger partial charge in [-0.2, -0.15) is 0 Å². The van der Waals surface area contributed by atoms with Crippen LogP contribution in [0.3, 0.4) is 0 Å². The minimum absolute atomic E-state index is 0. The molecule has 10 heteroatoms. The van der Waals surface area contributed by atoms with Crippen LogP contribution in [0.5, 0.6) is 0 Å². The molecule has 2 rings (SSSR count). The smallest absolute Gasteiger partial charge is 0.357 e. The highest BCUT2D eigenvalue weighted by atomic mass is 127. The van der Waals surface area contributed by atoms with E-state index in [1.807, 2.05) is 48.5 Å². The van der Waals surface area contributed by atoms with Crippen molar-refractivity contribution in [3.8, 4) is 0 Å². The van der Waals surface area contributed by atoms with Crippen molar-refractivity contribution in [1.29, 1.82) is 0 Å². The second kappa shape index (κ2) is 13.0. The Morgan fingerprint density at radius 2 is 1.00 bits per heavy atom. The monoisotopic (exact) mass is 592 g/mol. The lowest BCUT2D eigenvalue weighted by Crippen LogP contribution is -3.61. The van der Waals surface area contributed by atoms with E-state index in [9.17, 15) is 19.2 Å². The highest BCUT2D eigenvalue weighted by Crippen LogP contribution is 2.03. The number of hydrogen-bond donors (Lipinski definition) is 2. The Bertz CT molecular complexity index is 807. The molecule has 0 amide bonds. The van der Waals surface area contributed by atoms with Crippen molar-refractivity contribution in [2.45, 2.75) is 12.8 Å². The van der Waals surface area contributed by atoms with Gasteiger partial charge in [0.05, 0.1) is 12.8 Å². The number of aliphatic carboxylic acids is 2. The van der Waals surface area contributed by atoms with Crippen molar-refractivity contribution >= 4 is 23.9 Å². The van der Waals surface area contributed by atoms with Gasteiger partial charge in [0.15, 0.2) is 20.4 Å². The first-order valence-electron chi connectivity index (χ1n) is 8.39. The summed E-state index contributed by atoms with van der Waals surface area (Å²) < 4.78 is 11.5. The number of carboxylic acid groups (broad SMARTS) is 2. The molecule has 0 unspecified atom stereocenters. The summed E-state index contributed by atoms with van der Waals surface area (Å²) in [5, 5.41) is 17.0. The number of ether oxygens (including phenoxy) is 2. The summed E-state index contributed by atoms with van der Waals surface area (Å²) in [5.74, 6) is -3.57. The van der Waals surface area contributed by atoms with Gasteiger partial charge in [0.2, 0.25) is 0 Å². The summed E-state index contributed by atoms with van der Waals surface area (Å²) in [4.78, 5) is 43.8. The molecule has 2 N–H and O–H groups in total. The standard InChI is InChI=1S/C20H17IO8.BrH/c22-17(23)11-28-19(26)9-13-1-5-15(6-2-13)21-16-7-3-14(4-8-16)10-20(27)29-12-18(24)25;/h1-8H,9-12H2,(H-,22,23,24,25);1H. The van der Waals surface area contributed by atoms with Crippen LogP contribution >= 0.6 is 0 Å². The van der Waals surface area contributed by atoms with Crippen LogP contribution in [0, 0.1) is 7.14 Å². The average Bonchev–Trinajstić information content (AvgIpc) is 2.68. The van der Waals surface area contributed by atoms with Gasteiger partial charge in [0.25, 0.3) is 0 Å². The molecule has 0 aromatic heterocycles. The average molecular weight is 593 g/mol. The first-order chi connectivity index (χ1) is 13.8. The Kier molecular flexibility index (Phi) is 11.0. The van der Waals surface area contributed by atoms with E-state index in [-0.39, 0.29) is 29.8 Å². The van der Waals surface area contributed by atoms with Crippen molar-refractivity contribution < 1.29 is 77.1 Å². The number of halogens is 2. The molecule has 0 aliphatic rings. The number of benzene rings is 2. The van der Waals surface area contributed by atoms with Crippen LogP contribution in [0.4, 0.5) is 0 Å². The molecular formula is C20H18BrIO8. The molecule has 0 saturated carbocycles. The fourth-order valence-corrected chi connectivity index (χ4v) is 4.33. The molecule has 0 fully saturated rings. The molecule has 30 heavy (non-hydrogen) atoms. The van der Waals surface area contributed by atoms with Crippen LogP contribution in [-0.4, -0.2) is 47.3 Å². The number of carboxylic acids is 2. The topological polar surface area (TPSA) is 127 Å². The second-order valence-electron chi connectivity index (χ2n) is 5.81. The third-order valence-corrected chi connectivity index (χ3v) is 6.14. The highest BCUT2D eigenvalue weighted by molar-refractivity contribution is 5.77. The Morgan fingerprint density at radius 3 is 1.30 bits per heavy atom. The summed E-state index contributed by atoms with van der Waals surface area (Å²) in [6.45, 7) is -1.29. The summed E-state index contributed by atoms with van der Waals surface area (Å²) in [6.07, 6.45) is 0.0249. The molecule has 2 aromatic rings. The van der Waals surface area contributed by atoms with Gasteiger partial charge in [-0.3, -0.25) is 9.59 Å². The summed E-state index contributed by atoms with van der Waals surface area (Å²) in [7, 11) is 0. The normalized spacial score (nSPS) is 9.87. The van der Waals surface area contributed by atoms with E-state index in [4.69, 9.17) is 10.2 Å². The predicted molar refractivity (Wildman–Crippen MR) is 94.9 cm³/mol. The van der Waals surface area contributed by atoms with E-state index in [2.05, 4.69) is 9.47 Å². The second-order valence-corrected chi connectivity index (χ2v) is 8.84. The fraction of sp³-hybridized carbons (Fsp3) is 0.200. The molecule has 0 heterocycles. The number of carbonyl (C=O) groups is 4. The first-order valence-corrected chi connectivity index (χ1v) is 10.5. The molecular weight excluding hydrogens is 575 g/mol. The minimum atomic E-state index is -1.19. The predicted octanol–water partition coefficient (Wildman–Crippen LogP) is -4.84. The van der Waals surface area contributed by atoms with E-state index < -0.39 is 58.3 Å². The fourth-order valence-electron chi connectivity index (χ4n) is 2.18. The summed E-state index contributed by atoms with van der Waals surface area (Å²) in [6, 6.07) is 14.9. The summed E-state index contributed by atoms with van der Waals surface area (Å²) in [5.41, 5.74) is 1.48. The minimum Gasteiger partial charge on any atom is -1.00 e. The number of carbonyl (C=O) groups excluding carboxylic acids is 2. The largest absolute Gasteiger partial charge is 1.00 e. The van der Waals surface area contributed by atoms with Gasteiger partial charge < -0.3 is 36.7 Å². The molecule has 0 aliphatic heterocycles. The van der Waals surface area contributed by atoms with E-state index in [0.717, 1.165) is 18.3 Å². The molecule has 0 aliphatic carbocycles. The van der Waals surface area contributed by atoms with Crippen molar-refractivity contribution in [2.75, 3.05) is 13.2 Å². The van der Waals surface area contributed by atoms with Crippen molar-refractivity contribution in [3.05, 3.63) is 66.8 Å². The molecule has 8 nitrogen and oxygen atoms in total. The van der Waals surface area contributed by atoms with E-state index in [0.29, 0.717) is 0 Å². The molecule has 160 valence electrons. The lowest BCUT2D eigenvalue weighted by molar-refractivity contribution is -0.597. The molecule has 0 spiro atoms. The van der Waals surface area contributed by atoms with Crippen molar-refractivity contribution in [1.82, 2.24) is 0 Å². The zero-order chi connectivity index (χ0) is 21.2. The van der Waals surface area contributed by atoms with E-state index >= 15 is 0 Å². The number of hydrogen-bond acceptors (Lipinski definition) is 6. The highest BCUT2D eigenvalue weighted by Gasteiger charge is 2.17. The molecule has 0 saturated heterocycles. The van der Waals surface area contributed by atoms with Crippen molar-refractivity contribution in [3.63, 3.8) is 0 Å². The van der Waals surface area contributed by atoms with Crippen LogP contribution in [0.2, 0.25) is 0 Å². The molecule has 0 atom stereocenters. The van der Waals surface area contributed by atoms with Crippen LogP contribution < -0.4 is 38.2 Å². The van der Waals surface area contributed by atoms with E-state index in [1.54, 1.807) is 0 Å². The number of rotatable bonds is 10. The van der Waals surface area contributed by atoms with Crippen LogP contribution in [0.1, 0.15) is 11.1 Å². The molecule has 2 aromatic carbocycles. The van der Waals surface area contributed by atoms with E-state index in [1.165, 1.54) is 0 Å². The number of esters is 2. The zero-order valence-corrected chi connectivity index (χ0v) is 19.3. The Labute approximate surface area is 193 Å². The maximum atomic E-state index is 11.5. The van der Waals surface area contributed by atoms with Gasteiger partial charge in [0, 0.05) is 0 Å². The van der Waals surface area contributed by atoms with Gasteiger partial charge in [-0.25, -0.2) is 9.59 Å². The lowest BCUT2D eigenvalue weighted by atomic mass is 10.2. The van der Waals surface area contributed by atoms with Crippen LogP contribution in [0.25, 0.3) is 0 Å². The zero-order valence-electron chi connectivity index (χ0n) is 15.5. The van der Waals surface area contributed by atoms with Crippen molar-refractivity contribution in [2.24, 2.45) is 0 Å². The molecule has 0 radical (unpaired) electrons. The van der Waals surface area contributed by atoms with Crippen LogP contribution in [0.15, 0.2) is 48.5 Å². The third kappa shape index (κ3) is 9.83. The van der Waals surface area contributed by atoms with Crippen LogP contribution in [-0.2, 0) is 41.5 Å². The Hall–Kier alpha value is -2.47. The first kappa shape index (κ1) is 25.6. The Morgan fingerprint density at radius 1 is 0.667 bits per heavy atom. The lowest BCUT2D eigenvalue weighted by Gasteiger charge is -2.02. The molecule has 0 bridgehead atoms. The SMILES string of the molecule is O=C(O)COC(=O)Cc1ccc([I+]c2ccc(CC(=O)OCC(=O)O)cc2)cc1.[Br-]. The van der Waals surface area contributed by atoms with Gasteiger partial charge in [0.1, 0.15) is 0 Å². The van der Waals surface area contributed by atoms with Gasteiger partial charge in [-0.1, -0.05) is 24.3 Å². The maximum absolute atomic E-state index is 11.5. The van der Waals surface area contributed by atoms with Gasteiger partial charge in [-0.05, 0) is 35.4 Å². The summed E-state index contributed by atoms with van der Waals surface area (Å²) >= 11 is -0.459. The van der Waals surface area contributed by atoms with Gasteiger partial charge >= 0.3 is 45.1 Å². The third-order valence-electron chi connectivity index (χ3n) is 3.45. The Balaban J connectivity index is 0.00000450. The maximum Gasteiger partial charge on any atom is 0.357 e.